The average molecular weight is 251 g/mol. The van der Waals surface area contributed by atoms with Gasteiger partial charge in [-0.15, -0.1) is 0 Å². The van der Waals surface area contributed by atoms with E-state index < -0.39 is 0 Å². The average Bonchev–Trinajstić information content (AvgIpc) is 2.43. The van der Waals surface area contributed by atoms with Crippen molar-refractivity contribution >= 4 is 0 Å². The van der Waals surface area contributed by atoms with Crippen molar-refractivity contribution in [2.24, 2.45) is 0 Å². The van der Waals surface area contributed by atoms with Gasteiger partial charge in [0.2, 0.25) is 0 Å². The molecule has 0 aromatic heterocycles. The number of nitrogens with one attached hydrogen (secondary N) is 1. The zero-order valence-corrected chi connectivity index (χ0v) is 12.0. The predicted molar refractivity (Wildman–Crippen MR) is 75.6 cm³/mol. The third-order valence-electron chi connectivity index (χ3n) is 3.24. The summed E-state index contributed by atoms with van der Waals surface area (Å²) in [6.45, 7) is 5.39. The quantitative estimate of drug-likeness (QED) is 0.770. The van der Waals surface area contributed by atoms with Crippen molar-refractivity contribution in [1.29, 1.82) is 0 Å². The highest BCUT2D eigenvalue weighted by Crippen LogP contribution is 2.25. The number of hydrogen-bond acceptors (Lipinski definition) is 3. The molecule has 1 aromatic carbocycles. The standard InChI is InChI=1S/C15H25NO2/c1-5-13(16-6-2)8-7-12-11-14(17-3)9-10-15(12)18-4/h9-11,13,16H,5-8H2,1-4H3. The van der Waals surface area contributed by atoms with E-state index in [0.29, 0.717) is 6.04 Å². The molecule has 0 aliphatic rings. The Balaban J connectivity index is 2.69. The molecule has 1 N–H and O–H groups in total. The molecule has 0 aliphatic carbocycles. The van der Waals surface area contributed by atoms with Crippen LogP contribution in [0.4, 0.5) is 0 Å². The Morgan fingerprint density at radius 1 is 1.17 bits per heavy atom. The van der Waals surface area contributed by atoms with E-state index in [9.17, 15) is 0 Å². The van der Waals surface area contributed by atoms with Gasteiger partial charge in [-0.05, 0) is 49.6 Å². The molecule has 0 bridgehead atoms. The number of ether oxygens (including phenoxy) is 2. The minimum absolute atomic E-state index is 0.575. The van der Waals surface area contributed by atoms with Gasteiger partial charge in [-0.3, -0.25) is 0 Å². The van der Waals surface area contributed by atoms with Gasteiger partial charge in [0, 0.05) is 6.04 Å². The van der Waals surface area contributed by atoms with Gasteiger partial charge >= 0.3 is 0 Å². The van der Waals surface area contributed by atoms with Gasteiger partial charge in [-0.2, -0.15) is 0 Å². The van der Waals surface area contributed by atoms with Gasteiger partial charge in [0.15, 0.2) is 0 Å². The Hall–Kier alpha value is -1.22. The second kappa shape index (κ2) is 7.98. The highest BCUT2D eigenvalue weighted by Gasteiger charge is 2.09. The molecule has 1 atom stereocenters. The van der Waals surface area contributed by atoms with Crippen LogP contribution in [-0.4, -0.2) is 26.8 Å². The van der Waals surface area contributed by atoms with Crippen molar-refractivity contribution in [1.82, 2.24) is 5.32 Å². The van der Waals surface area contributed by atoms with Crippen LogP contribution in [0.3, 0.4) is 0 Å². The normalized spacial score (nSPS) is 12.2. The van der Waals surface area contributed by atoms with Crippen molar-refractivity contribution in [3.8, 4) is 11.5 Å². The SMILES string of the molecule is CCNC(CC)CCc1cc(OC)ccc1OC. The van der Waals surface area contributed by atoms with Crippen LogP contribution in [0.1, 0.15) is 32.3 Å². The second-order valence-electron chi connectivity index (χ2n) is 4.38. The molecule has 0 aliphatic heterocycles. The first-order valence-corrected chi connectivity index (χ1v) is 6.69. The fourth-order valence-corrected chi connectivity index (χ4v) is 2.15. The molecule has 3 nitrogen and oxygen atoms in total. The molecule has 0 amide bonds. The molecule has 1 aromatic rings. The number of benzene rings is 1. The van der Waals surface area contributed by atoms with Crippen LogP contribution >= 0.6 is 0 Å². The van der Waals surface area contributed by atoms with Crippen LogP contribution in [0.5, 0.6) is 11.5 Å². The topological polar surface area (TPSA) is 30.5 Å². The highest BCUT2D eigenvalue weighted by atomic mass is 16.5. The van der Waals surface area contributed by atoms with E-state index in [1.165, 1.54) is 5.56 Å². The maximum Gasteiger partial charge on any atom is 0.122 e. The number of hydrogen-bond donors (Lipinski definition) is 1. The second-order valence-corrected chi connectivity index (χ2v) is 4.38. The summed E-state index contributed by atoms with van der Waals surface area (Å²) in [5.74, 6) is 1.84. The van der Waals surface area contributed by atoms with Crippen molar-refractivity contribution < 1.29 is 9.47 Å². The van der Waals surface area contributed by atoms with Crippen molar-refractivity contribution in [2.45, 2.75) is 39.2 Å². The lowest BCUT2D eigenvalue weighted by atomic mass is 10.0. The molecule has 1 rings (SSSR count). The maximum absolute atomic E-state index is 5.39. The minimum atomic E-state index is 0.575. The van der Waals surface area contributed by atoms with Crippen molar-refractivity contribution in [3.63, 3.8) is 0 Å². The van der Waals surface area contributed by atoms with E-state index in [2.05, 4.69) is 25.2 Å². The first-order valence-electron chi connectivity index (χ1n) is 6.69. The zero-order valence-electron chi connectivity index (χ0n) is 12.0. The van der Waals surface area contributed by atoms with Gasteiger partial charge in [-0.1, -0.05) is 13.8 Å². The number of aryl methyl sites for hydroxylation is 1. The summed E-state index contributed by atoms with van der Waals surface area (Å²) >= 11 is 0. The van der Waals surface area contributed by atoms with Gasteiger partial charge in [0.25, 0.3) is 0 Å². The van der Waals surface area contributed by atoms with Crippen LogP contribution < -0.4 is 14.8 Å². The first kappa shape index (κ1) is 14.8. The third-order valence-corrected chi connectivity index (χ3v) is 3.24. The third kappa shape index (κ3) is 4.22. The van der Waals surface area contributed by atoms with Crippen LogP contribution in [0.25, 0.3) is 0 Å². The van der Waals surface area contributed by atoms with Gasteiger partial charge in [-0.25, -0.2) is 0 Å². The summed E-state index contributed by atoms with van der Waals surface area (Å²) in [6.07, 6.45) is 3.28. The Morgan fingerprint density at radius 2 is 1.94 bits per heavy atom. The van der Waals surface area contributed by atoms with Crippen molar-refractivity contribution in [2.75, 3.05) is 20.8 Å². The molecule has 3 heteroatoms. The van der Waals surface area contributed by atoms with Gasteiger partial charge in [0.1, 0.15) is 11.5 Å². The summed E-state index contributed by atoms with van der Waals surface area (Å²) in [5.41, 5.74) is 1.22. The number of rotatable bonds is 8. The zero-order chi connectivity index (χ0) is 13.4. The lowest BCUT2D eigenvalue weighted by Gasteiger charge is -2.17. The molecular formula is C15H25NO2. The van der Waals surface area contributed by atoms with Gasteiger partial charge < -0.3 is 14.8 Å². The molecule has 0 saturated carbocycles. The molecule has 18 heavy (non-hydrogen) atoms. The van der Waals surface area contributed by atoms with Crippen LogP contribution in [-0.2, 0) is 6.42 Å². The molecule has 0 saturated heterocycles. The first-order chi connectivity index (χ1) is 8.74. The van der Waals surface area contributed by atoms with Crippen LogP contribution in [0.2, 0.25) is 0 Å². The van der Waals surface area contributed by atoms with Crippen LogP contribution in [0.15, 0.2) is 18.2 Å². The van der Waals surface area contributed by atoms with E-state index in [0.717, 1.165) is 37.3 Å². The van der Waals surface area contributed by atoms with E-state index >= 15 is 0 Å². The lowest BCUT2D eigenvalue weighted by Crippen LogP contribution is -2.28. The van der Waals surface area contributed by atoms with Crippen molar-refractivity contribution in [3.05, 3.63) is 23.8 Å². The molecule has 0 fully saturated rings. The lowest BCUT2D eigenvalue weighted by molar-refractivity contribution is 0.395. The maximum atomic E-state index is 5.39. The smallest absolute Gasteiger partial charge is 0.122 e. The molecule has 0 radical (unpaired) electrons. The van der Waals surface area contributed by atoms with E-state index in [-0.39, 0.29) is 0 Å². The van der Waals surface area contributed by atoms with Gasteiger partial charge in [0.05, 0.1) is 14.2 Å². The van der Waals surface area contributed by atoms with E-state index in [4.69, 9.17) is 9.47 Å². The summed E-state index contributed by atoms with van der Waals surface area (Å²) < 4.78 is 10.7. The number of methoxy groups -OCH3 is 2. The minimum Gasteiger partial charge on any atom is -0.497 e. The highest BCUT2D eigenvalue weighted by molar-refractivity contribution is 5.40. The Kier molecular flexibility index (Phi) is 6.58. The summed E-state index contributed by atoms with van der Waals surface area (Å²) in [4.78, 5) is 0. The van der Waals surface area contributed by atoms with Crippen LogP contribution in [0, 0.1) is 0 Å². The summed E-state index contributed by atoms with van der Waals surface area (Å²) in [7, 11) is 3.41. The molecule has 0 spiro atoms. The monoisotopic (exact) mass is 251 g/mol. The Morgan fingerprint density at radius 3 is 2.50 bits per heavy atom. The molecule has 0 heterocycles. The Bertz CT molecular complexity index is 352. The van der Waals surface area contributed by atoms with E-state index in [1.54, 1.807) is 14.2 Å². The fraction of sp³-hybridized carbons (Fsp3) is 0.600. The van der Waals surface area contributed by atoms with E-state index in [1.807, 2.05) is 12.1 Å². The largest absolute Gasteiger partial charge is 0.497 e. The molecule has 102 valence electrons. The molecular weight excluding hydrogens is 226 g/mol. The summed E-state index contributed by atoms with van der Waals surface area (Å²) in [6, 6.07) is 6.55. The summed E-state index contributed by atoms with van der Waals surface area (Å²) in [5, 5.41) is 3.50. The Labute approximate surface area is 110 Å². The molecule has 1 unspecified atom stereocenters. The fourth-order valence-electron chi connectivity index (χ4n) is 2.15. The predicted octanol–water partition coefficient (Wildman–Crippen LogP) is 3.02.